The van der Waals surface area contributed by atoms with Crippen molar-refractivity contribution in [1.82, 2.24) is 14.9 Å². The largest absolute Gasteiger partial charge is 0.460 e. The fourth-order valence-corrected chi connectivity index (χ4v) is 3.80. The Labute approximate surface area is 177 Å². The molecule has 5 rings (SSSR count). The average Bonchev–Trinajstić information content (AvgIpc) is 3.42. The number of amides is 1. The van der Waals surface area contributed by atoms with Crippen LogP contribution in [0.2, 0.25) is 5.02 Å². The minimum Gasteiger partial charge on any atom is -0.460 e. The molecule has 0 atom stereocenters. The van der Waals surface area contributed by atoms with Crippen LogP contribution in [0, 0.1) is 5.82 Å². The number of hydrogen-bond donors (Lipinski definition) is 1. The summed E-state index contributed by atoms with van der Waals surface area (Å²) in [6, 6.07) is 5.09. The van der Waals surface area contributed by atoms with Crippen LogP contribution in [0.5, 0.6) is 5.75 Å². The molecule has 0 saturated heterocycles. The third-order valence-corrected chi connectivity index (χ3v) is 5.71. The summed E-state index contributed by atoms with van der Waals surface area (Å²) in [4.78, 5) is 17.1. The van der Waals surface area contributed by atoms with E-state index in [0.29, 0.717) is 18.9 Å². The molecule has 2 aliphatic rings. The molecule has 3 heterocycles. The predicted octanol–water partition coefficient (Wildman–Crippen LogP) is 4.41. The fourth-order valence-electron chi connectivity index (χ4n) is 3.64. The molecule has 0 spiro atoms. The molecule has 30 heavy (non-hydrogen) atoms. The quantitative estimate of drug-likeness (QED) is 0.667. The maximum Gasteiger partial charge on any atom is 0.273 e. The van der Waals surface area contributed by atoms with E-state index in [2.05, 4.69) is 10.3 Å². The Kier molecular flexibility index (Phi) is 4.48. The van der Waals surface area contributed by atoms with Gasteiger partial charge in [0.1, 0.15) is 5.82 Å². The van der Waals surface area contributed by atoms with Gasteiger partial charge < -0.3 is 19.4 Å². The predicted molar refractivity (Wildman–Crippen MR) is 110 cm³/mol. The third kappa shape index (κ3) is 3.52. The lowest BCUT2D eigenvalue weighted by Crippen LogP contribution is -2.38. The second-order valence-corrected chi connectivity index (χ2v) is 8.65. The summed E-state index contributed by atoms with van der Waals surface area (Å²) in [6.45, 7) is 4.37. The van der Waals surface area contributed by atoms with Gasteiger partial charge in [0.25, 0.3) is 5.91 Å². The highest BCUT2D eigenvalue weighted by Crippen LogP contribution is 2.36. The zero-order chi connectivity index (χ0) is 21.0. The molecule has 1 aliphatic heterocycles. The molecule has 0 unspecified atom stereocenters. The van der Waals surface area contributed by atoms with E-state index in [4.69, 9.17) is 21.1 Å². The Morgan fingerprint density at radius 1 is 1.40 bits per heavy atom. The number of halogens is 2. The molecule has 1 aliphatic carbocycles. The van der Waals surface area contributed by atoms with Crippen molar-refractivity contribution in [3.05, 3.63) is 58.3 Å². The smallest absolute Gasteiger partial charge is 0.273 e. The zero-order valence-electron chi connectivity index (χ0n) is 16.7. The topological polar surface area (TPSA) is 65.4 Å². The number of nitrogens with zero attached hydrogens (tertiary/aromatic N) is 2. The average molecular weight is 430 g/mol. The molecule has 1 saturated carbocycles. The van der Waals surface area contributed by atoms with Crippen LogP contribution in [-0.2, 0) is 17.9 Å². The molecule has 6 nitrogen and oxygen atoms in total. The molecule has 1 amide bonds. The first-order valence-corrected chi connectivity index (χ1v) is 10.3. The lowest BCUT2D eigenvalue weighted by atomic mass is 10.1. The van der Waals surface area contributed by atoms with Gasteiger partial charge in [-0.1, -0.05) is 11.6 Å². The first-order chi connectivity index (χ1) is 14.3. The van der Waals surface area contributed by atoms with Gasteiger partial charge in [0.2, 0.25) is 5.79 Å². The van der Waals surface area contributed by atoms with Crippen molar-refractivity contribution in [3.8, 4) is 5.75 Å². The summed E-state index contributed by atoms with van der Waals surface area (Å²) in [7, 11) is 0. The summed E-state index contributed by atoms with van der Waals surface area (Å²) in [6.07, 6.45) is 5.54. The molecule has 3 aromatic rings. The zero-order valence-corrected chi connectivity index (χ0v) is 17.4. The number of carbonyl (C=O) groups is 1. The van der Waals surface area contributed by atoms with E-state index >= 15 is 0 Å². The van der Waals surface area contributed by atoms with E-state index in [1.54, 1.807) is 26.1 Å². The Morgan fingerprint density at radius 3 is 2.97 bits per heavy atom. The van der Waals surface area contributed by atoms with Crippen molar-refractivity contribution >= 4 is 28.4 Å². The Hall–Kier alpha value is -2.64. The van der Waals surface area contributed by atoms with Crippen molar-refractivity contribution in [2.24, 2.45) is 0 Å². The Bertz CT molecular complexity index is 1170. The first-order valence-electron chi connectivity index (χ1n) is 9.89. The second kappa shape index (κ2) is 6.96. The standard InChI is InChI=1S/C22H21ClFN3O3/c1-22(2)29-11-15-13(9-25-19(20(15)30-22)21(28)26-14-3-4-14)10-27-6-5-12-7-17(24)16(23)8-18(12)27/h5-9,14H,3-4,10-11H2,1-2H3,(H,26,28). The molecular formula is C22H21ClFN3O3. The van der Waals surface area contributed by atoms with Gasteiger partial charge >= 0.3 is 0 Å². The highest BCUT2D eigenvalue weighted by atomic mass is 35.5. The summed E-state index contributed by atoms with van der Waals surface area (Å²) < 4.78 is 27.6. The lowest BCUT2D eigenvalue weighted by molar-refractivity contribution is -0.180. The number of pyridine rings is 1. The highest BCUT2D eigenvalue weighted by molar-refractivity contribution is 6.31. The van der Waals surface area contributed by atoms with E-state index in [0.717, 1.165) is 34.9 Å². The summed E-state index contributed by atoms with van der Waals surface area (Å²) in [5, 5.41) is 3.80. The highest BCUT2D eigenvalue weighted by Gasteiger charge is 2.34. The van der Waals surface area contributed by atoms with Crippen LogP contribution >= 0.6 is 11.6 Å². The number of nitrogens with one attached hydrogen (secondary N) is 1. The summed E-state index contributed by atoms with van der Waals surface area (Å²) in [5.74, 6) is -1.07. The molecule has 8 heteroatoms. The normalized spacial score (nSPS) is 17.5. The number of aromatic nitrogens is 2. The number of fused-ring (bicyclic) bond motifs is 2. The van der Waals surface area contributed by atoms with E-state index < -0.39 is 11.6 Å². The SMILES string of the molecule is CC1(C)OCc2c(Cn3ccc4cc(F)c(Cl)cc43)cnc(C(=O)NC3CC3)c2O1. The van der Waals surface area contributed by atoms with E-state index in [1.165, 1.54) is 6.07 Å². The number of ether oxygens (including phenoxy) is 2. The van der Waals surface area contributed by atoms with Gasteiger partial charge in [0, 0.05) is 55.3 Å². The molecule has 0 radical (unpaired) electrons. The van der Waals surface area contributed by atoms with Crippen molar-refractivity contribution in [2.75, 3.05) is 0 Å². The summed E-state index contributed by atoms with van der Waals surface area (Å²) in [5.41, 5.74) is 2.74. The maximum atomic E-state index is 13.8. The second-order valence-electron chi connectivity index (χ2n) is 8.25. The summed E-state index contributed by atoms with van der Waals surface area (Å²) >= 11 is 5.98. The molecule has 1 N–H and O–H groups in total. The van der Waals surface area contributed by atoms with Crippen molar-refractivity contribution in [3.63, 3.8) is 0 Å². The fraction of sp³-hybridized carbons (Fsp3) is 0.364. The van der Waals surface area contributed by atoms with Gasteiger partial charge in [-0.25, -0.2) is 9.37 Å². The number of benzene rings is 1. The molecule has 1 fully saturated rings. The van der Waals surface area contributed by atoms with E-state index in [9.17, 15) is 9.18 Å². The molecular weight excluding hydrogens is 409 g/mol. The van der Waals surface area contributed by atoms with Gasteiger partial charge in [0.05, 0.1) is 11.6 Å². The van der Waals surface area contributed by atoms with Crippen LogP contribution in [0.25, 0.3) is 10.9 Å². The first kappa shape index (κ1) is 19.3. The molecule has 1 aromatic carbocycles. The van der Waals surface area contributed by atoms with Gasteiger partial charge in [-0.05, 0) is 36.6 Å². The van der Waals surface area contributed by atoms with E-state index in [1.807, 2.05) is 16.8 Å². The minimum absolute atomic E-state index is 0.0723. The molecule has 156 valence electrons. The lowest BCUT2D eigenvalue weighted by Gasteiger charge is -2.34. The van der Waals surface area contributed by atoms with Crippen LogP contribution in [0.1, 0.15) is 48.3 Å². The van der Waals surface area contributed by atoms with Crippen molar-refractivity contribution in [1.29, 1.82) is 0 Å². The van der Waals surface area contributed by atoms with Crippen LogP contribution in [0.4, 0.5) is 4.39 Å². The van der Waals surface area contributed by atoms with Crippen LogP contribution in [0.3, 0.4) is 0 Å². The maximum absolute atomic E-state index is 13.8. The van der Waals surface area contributed by atoms with Crippen LogP contribution in [-0.4, -0.2) is 27.3 Å². The van der Waals surface area contributed by atoms with E-state index in [-0.39, 0.29) is 22.7 Å². The Morgan fingerprint density at radius 2 is 2.20 bits per heavy atom. The van der Waals surface area contributed by atoms with Gasteiger partial charge in [-0.15, -0.1) is 0 Å². The number of carbonyl (C=O) groups excluding carboxylic acids is 1. The monoisotopic (exact) mass is 429 g/mol. The minimum atomic E-state index is -0.854. The van der Waals surface area contributed by atoms with Crippen molar-refractivity contribution < 1.29 is 18.7 Å². The van der Waals surface area contributed by atoms with Crippen molar-refractivity contribution in [2.45, 2.75) is 51.7 Å². The third-order valence-electron chi connectivity index (χ3n) is 5.42. The van der Waals surface area contributed by atoms with Gasteiger partial charge in [-0.2, -0.15) is 0 Å². The van der Waals surface area contributed by atoms with Gasteiger partial charge in [0.15, 0.2) is 11.4 Å². The van der Waals surface area contributed by atoms with Gasteiger partial charge in [-0.3, -0.25) is 4.79 Å². The molecule has 0 bridgehead atoms. The Balaban J connectivity index is 1.54. The van der Waals surface area contributed by atoms with Crippen LogP contribution < -0.4 is 10.1 Å². The number of rotatable bonds is 4. The molecule has 2 aromatic heterocycles. The number of hydrogen-bond acceptors (Lipinski definition) is 4. The van der Waals surface area contributed by atoms with Crippen LogP contribution in [0.15, 0.2) is 30.6 Å².